The van der Waals surface area contributed by atoms with Gasteiger partial charge in [-0.15, -0.1) is 0 Å². The molecule has 0 amide bonds. The maximum absolute atomic E-state index is 11.9. The highest BCUT2D eigenvalue weighted by Crippen LogP contribution is 2.16. The highest BCUT2D eigenvalue weighted by atomic mass is 127. The van der Waals surface area contributed by atoms with E-state index in [4.69, 9.17) is 0 Å². The quantitative estimate of drug-likeness (QED) is 0.775. The number of aromatic amines is 1. The first-order chi connectivity index (χ1) is 6.29. The highest BCUT2D eigenvalue weighted by molar-refractivity contribution is 14.1. The second kappa shape index (κ2) is 3.75. The Hall–Kier alpha value is -0.800. The number of rotatable bonds is 1. The van der Waals surface area contributed by atoms with E-state index >= 15 is 0 Å². The summed E-state index contributed by atoms with van der Waals surface area (Å²) in [5.41, 5.74) is -1.75. The summed E-state index contributed by atoms with van der Waals surface area (Å²) in [5, 5.41) is 0. The van der Waals surface area contributed by atoms with Gasteiger partial charge in [0.2, 0.25) is 0 Å². The van der Waals surface area contributed by atoms with Crippen LogP contribution >= 0.6 is 22.6 Å². The van der Waals surface area contributed by atoms with Crippen LogP contribution in [0.25, 0.3) is 0 Å². The molecule has 1 heterocycles. The Kier molecular flexibility index (Phi) is 3.02. The molecule has 0 radical (unpaired) electrons. The van der Waals surface area contributed by atoms with E-state index in [1.165, 1.54) is 0 Å². The van der Waals surface area contributed by atoms with Crippen molar-refractivity contribution >= 4 is 22.6 Å². The van der Waals surface area contributed by atoms with Crippen LogP contribution in [-0.2, 0) is 6.54 Å². The SMILES string of the molecule is O=c1[nH]c(=O)n(CC(F)(F)F)cc1I. The number of hydrogen-bond acceptors (Lipinski definition) is 2. The van der Waals surface area contributed by atoms with Crippen molar-refractivity contribution in [3.05, 3.63) is 30.6 Å². The number of aromatic nitrogens is 2. The molecule has 0 unspecified atom stereocenters. The first-order valence-electron chi connectivity index (χ1n) is 3.35. The van der Waals surface area contributed by atoms with Crippen molar-refractivity contribution < 1.29 is 13.2 Å². The summed E-state index contributed by atoms with van der Waals surface area (Å²) < 4.78 is 36.1. The van der Waals surface area contributed by atoms with Crippen molar-refractivity contribution in [2.45, 2.75) is 12.7 Å². The third-order valence-corrected chi connectivity index (χ3v) is 2.09. The molecule has 8 heteroatoms. The number of H-pyrrole nitrogens is 1. The fraction of sp³-hybridized carbons (Fsp3) is 0.333. The van der Waals surface area contributed by atoms with Crippen LogP contribution in [0.4, 0.5) is 13.2 Å². The number of nitrogens with one attached hydrogen (secondary N) is 1. The second-order valence-electron chi connectivity index (χ2n) is 2.48. The average molecular weight is 320 g/mol. The lowest BCUT2D eigenvalue weighted by molar-refractivity contribution is -0.141. The molecule has 0 bridgehead atoms. The summed E-state index contributed by atoms with van der Waals surface area (Å²) in [7, 11) is 0. The summed E-state index contributed by atoms with van der Waals surface area (Å²) in [5.74, 6) is 0. The third-order valence-electron chi connectivity index (χ3n) is 1.32. The lowest BCUT2D eigenvalue weighted by Crippen LogP contribution is -2.34. The molecule has 0 saturated carbocycles. The van der Waals surface area contributed by atoms with Crippen molar-refractivity contribution in [1.82, 2.24) is 9.55 Å². The maximum Gasteiger partial charge on any atom is 0.406 e. The van der Waals surface area contributed by atoms with Gasteiger partial charge in [-0.3, -0.25) is 14.3 Å². The van der Waals surface area contributed by atoms with Gasteiger partial charge in [0.05, 0.1) is 3.57 Å². The molecular weight excluding hydrogens is 316 g/mol. The molecule has 0 fully saturated rings. The van der Waals surface area contributed by atoms with E-state index in [9.17, 15) is 22.8 Å². The highest BCUT2D eigenvalue weighted by Gasteiger charge is 2.28. The van der Waals surface area contributed by atoms with Crippen molar-refractivity contribution in [2.24, 2.45) is 0 Å². The van der Waals surface area contributed by atoms with Crippen molar-refractivity contribution in [1.29, 1.82) is 0 Å². The predicted octanol–water partition coefficient (Wildman–Crippen LogP) is 0.704. The van der Waals surface area contributed by atoms with Crippen LogP contribution < -0.4 is 11.2 Å². The molecule has 0 aliphatic carbocycles. The maximum atomic E-state index is 11.9. The fourth-order valence-electron chi connectivity index (χ4n) is 0.793. The third kappa shape index (κ3) is 2.86. The summed E-state index contributed by atoms with van der Waals surface area (Å²) in [6.45, 7) is -1.40. The molecule has 0 aliphatic heterocycles. The van der Waals surface area contributed by atoms with E-state index in [1.807, 2.05) is 0 Å². The lowest BCUT2D eigenvalue weighted by atomic mass is 10.5. The van der Waals surface area contributed by atoms with Crippen molar-refractivity contribution in [2.75, 3.05) is 0 Å². The van der Waals surface area contributed by atoms with Crippen LogP contribution in [0.1, 0.15) is 0 Å². The normalized spacial score (nSPS) is 11.7. The minimum absolute atomic E-state index is 0.0337. The van der Waals surface area contributed by atoms with Crippen LogP contribution in [-0.4, -0.2) is 15.7 Å². The topological polar surface area (TPSA) is 54.9 Å². The summed E-state index contributed by atoms with van der Waals surface area (Å²) in [4.78, 5) is 23.4. The van der Waals surface area contributed by atoms with E-state index in [-0.39, 0.29) is 3.57 Å². The van der Waals surface area contributed by atoms with E-state index in [0.717, 1.165) is 6.20 Å². The molecule has 78 valence electrons. The molecule has 0 aromatic carbocycles. The zero-order chi connectivity index (χ0) is 10.9. The average Bonchev–Trinajstić information content (AvgIpc) is 1.97. The Morgan fingerprint density at radius 2 is 2.00 bits per heavy atom. The molecular formula is C6H4F3IN2O2. The Bertz CT molecular complexity index is 448. The van der Waals surface area contributed by atoms with Gasteiger partial charge in [-0.1, -0.05) is 0 Å². The molecule has 0 saturated heterocycles. The summed E-state index contributed by atoms with van der Waals surface area (Å²) in [6, 6.07) is 0. The number of hydrogen-bond donors (Lipinski definition) is 1. The second-order valence-corrected chi connectivity index (χ2v) is 3.64. The molecule has 14 heavy (non-hydrogen) atoms. The number of nitrogens with zero attached hydrogens (tertiary/aromatic N) is 1. The van der Waals surface area contributed by atoms with Crippen LogP contribution in [0.5, 0.6) is 0 Å². The Balaban J connectivity index is 3.18. The Labute approximate surface area is 88.9 Å². The van der Waals surface area contributed by atoms with E-state index in [2.05, 4.69) is 0 Å². The van der Waals surface area contributed by atoms with Crippen LogP contribution in [0.3, 0.4) is 0 Å². The van der Waals surface area contributed by atoms with Gasteiger partial charge in [-0.2, -0.15) is 13.2 Å². The van der Waals surface area contributed by atoms with Crippen LogP contribution in [0, 0.1) is 3.57 Å². The van der Waals surface area contributed by atoms with E-state index in [0.29, 0.717) is 4.57 Å². The first-order valence-corrected chi connectivity index (χ1v) is 4.43. The lowest BCUT2D eigenvalue weighted by Gasteiger charge is -2.08. The van der Waals surface area contributed by atoms with Crippen LogP contribution in [0.2, 0.25) is 0 Å². The van der Waals surface area contributed by atoms with Gasteiger partial charge < -0.3 is 0 Å². The van der Waals surface area contributed by atoms with Gasteiger partial charge in [-0.05, 0) is 22.6 Å². The number of alkyl halides is 3. The largest absolute Gasteiger partial charge is 0.406 e. The van der Waals surface area contributed by atoms with Gasteiger partial charge in [0.15, 0.2) is 0 Å². The van der Waals surface area contributed by atoms with Gasteiger partial charge in [0.25, 0.3) is 5.56 Å². The predicted molar refractivity (Wildman–Crippen MR) is 50.1 cm³/mol. The molecule has 0 spiro atoms. The monoisotopic (exact) mass is 320 g/mol. The minimum atomic E-state index is -4.48. The molecule has 1 N–H and O–H groups in total. The number of halogens is 4. The minimum Gasteiger partial charge on any atom is -0.290 e. The summed E-state index contributed by atoms with van der Waals surface area (Å²) in [6.07, 6.45) is -3.61. The van der Waals surface area contributed by atoms with Gasteiger partial charge in [0.1, 0.15) is 6.54 Å². The molecule has 1 aromatic rings. The van der Waals surface area contributed by atoms with Gasteiger partial charge in [-0.25, -0.2) is 4.79 Å². The van der Waals surface area contributed by atoms with Crippen molar-refractivity contribution in [3.8, 4) is 0 Å². The molecule has 4 nitrogen and oxygen atoms in total. The van der Waals surface area contributed by atoms with Crippen LogP contribution in [0.15, 0.2) is 15.8 Å². The molecule has 1 aromatic heterocycles. The first kappa shape index (κ1) is 11.3. The fourth-order valence-corrected chi connectivity index (χ4v) is 1.26. The van der Waals surface area contributed by atoms with E-state index in [1.54, 1.807) is 27.6 Å². The zero-order valence-corrected chi connectivity index (χ0v) is 8.72. The van der Waals surface area contributed by atoms with E-state index < -0.39 is 24.0 Å². The Morgan fingerprint density at radius 3 is 2.50 bits per heavy atom. The smallest absolute Gasteiger partial charge is 0.290 e. The zero-order valence-electron chi connectivity index (χ0n) is 6.56. The Morgan fingerprint density at radius 1 is 1.43 bits per heavy atom. The summed E-state index contributed by atoms with van der Waals surface area (Å²) >= 11 is 1.55. The standard InChI is InChI=1S/C6H4F3IN2O2/c7-6(8,9)2-12-1-3(10)4(13)11-5(12)14/h1H,2H2,(H,11,13,14). The molecule has 0 aliphatic rings. The van der Waals surface area contributed by atoms with Crippen molar-refractivity contribution in [3.63, 3.8) is 0 Å². The molecule has 1 rings (SSSR count). The molecule has 0 atom stereocenters. The van der Waals surface area contributed by atoms with Gasteiger partial charge >= 0.3 is 11.9 Å². The van der Waals surface area contributed by atoms with Gasteiger partial charge in [0, 0.05) is 6.20 Å².